The van der Waals surface area contributed by atoms with Gasteiger partial charge in [0.05, 0.1) is 7.11 Å². The van der Waals surface area contributed by atoms with E-state index < -0.39 is 0 Å². The molecule has 0 fully saturated rings. The van der Waals surface area contributed by atoms with E-state index >= 15 is 0 Å². The monoisotopic (exact) mass is 191 g/mol. The summed E-state index contributed by atoms with van der Waals surface area (Å²) in [6.07, 6.45) is 2.04. The number of benzene rings is 1. The highest BCUT2D eigenvalue weighted by Crippen LogP contribution is 2.17. The lowest BCUT2D eigenvalue weighted by Gasteiger charge is -2.08. The largest absolute Gasteiger partial charge is 0.497 e. The van der Waals surface area contributed by atoms with Crippen LogP contribution in [-0.2, 0) is 0 Å². The Labute approximate surface area is 85.4 Å². The van der Waals surface area contributed by atoms with Gasteiger partial charge in [0.2, 0.25) is 0 Å². The van der Waals surface area contributed by atoms with Crippen molar-refractivity contribution in [2.75, 3.05) is 7.11 Å². The zero-order chi connectivity index (χ0) is 10.6. The number of hydrogen-bond acceptors (Lipinski definition) is 2. The Morgan fingerprint density at radius 3 is 2.29 bits per heavy atom. The number of allylic oxidation sites excluding steroid dienone is 1. The molecule has 1 rings (SSSR count). The fraction of sp³-hybridized carbons (Fsp3) is 0.333. The molecule has 2 nitrogen and oxygen atoms in total. The third-order valence-electron chi connectivity index (χ3n) is 2.01. The minimum Gasteiger partial charge on any atom is -0.497 e. The van der Waals surface area contributed by atoms with Gasteiger partial charge in [-0.25, -0.2) is 0 Å². The first-order valence-corrected chi connectivity index (χ1v) is 4.68. The molecule has 0 bridgehead atoms. The highest BCUT2D eigenvalue weighted by molar-refractivity contribution is 5.31. The standard InChI is InChI=1S/C12H17NO/c1-9(2)8-12(13)10-4-6-11(14-3)7-5-10/h4-8,12H,13H2,1-3H3. The normalized spacial score (nSPS) is 12.0. The first-order valence-electron chi connectivity index (χ1n) is 4.68. The Hall–Kier alpha value is -1.28. The summed E-state index contributed by atoms with van der Waals surface area (Å²) in [6, 6.07) is 7.81. The molecule has 0 radical (unpaired) electrons. The highest BCUT2D eigenvalue weighted by Gasteiger charge is 2.01. The lowest BCUT2D eigenvalue weighted by atomic mass is 10.1. The highest BCUT2D eigenvalue weighted by atomic mass is 16.5. The molecule has 1 unspecified atom stereocenters. The van der Waals surface area contributed by atoms with E-state index in [0.29, 0.717) is 0 Å². The number of nitrogens with two attached hydrogens (primary N) is 1. The zero-order valence-electron chi connectivity index (χ0n) is 8.95. The Bertz CT molecular complexity index is 310. The summed E-state index contributed by atoms with van der Waals surface area (Å²) in [5.74, 6) is 0.859. The van der Waals surface area contributed by atoms with Crippen LogP contribution in [0, 0.1) is 0 Å². The van der Waals surface area contributed by atoms with E-state index in [1.54, 1.807) is 7.11 Å². The molecule has 0 aliphatic heterocycles. The fourth-order valence-corrected chi connectivity index (χ4v) is 1.28. The Morgan fingerprint density at radius 2 is 1.86 bits per heavy atom. The molecule has 14 heavy (non-hydrogen) atoms. The SMILES string of the molecule is COc1ccc(C(N)C=C(C)C)cc1. The van der Waals surface area contributed by atoms with E-state index in [9.17, 15) is 0 Å². The smallest absolute Gasteiger partial charge is 0.118 e. The lowest BCUT2D eigenvalue weighted by Crippen LogP contribution is -2.07. The summed E-state index contributed by atoms with van der Waals surface area (Å²) < 4.78 is 5.07. The maximum absolute atomic E-state index is 5.97. The molecule has 76 valence electrons. The van der Waals surface area contributed by atoms with Crippen molar-refractivity contribution in [1.82, 2.24) is 0 Å². The maximum atomic E-state index is 5.97. The second-order valence-corrected chi connectivity index (χ2v) is 3.54. The van der Waals surface area contributed by atoms with Crippen molar-refractivity contribution >= 4 is 0 Å². The number of rotatable bonds is 3. The van der Waals surface area contributed by atoms with Crippen LogP contribution >= 0.6 is 0 Å². The zero-order valence-corrected chi connectivity index (χ0v) is 8.95. The van der Waals surface area contributed by atoms with Crippen LogP contribution in [0.1, 0.15) is 25.5 Å². The fourth-order valence-electron chi connectivity index (χ4n) is 1.28. The van der Waals surface area contributed by atoms with Gasteiger partial charge in [0.15, 0.2) is 0 Å². The number of methoxy groups -OCH3 is 1. The maximum Gasteiger partial charge on any atom is 0.118 e. The van der Waals surface area contributed by atoms with E-state index in [4.69, 9.17) is 10.5 Å². The van der Waals surface area contributed by atoms with Gasteiger partial charge in [0.25, 0.3) is 0 Å². The van der Waals surface area contributed by atoms with E-state index in [1.165, 1.54) is 5.57 Å². The minimum absolute atomic E-state index is 0.0223. The Kier molecular flexibility index (Phi) is 3.72. The molecular weight excluding hydrogens is 174 g/mol. The van der Waals surface area contributed by atoms with Crippen LogP contribution in [-0.4, -0.2) is 7.11 Å². The quantitative estimate of drug-likeness (QED) is 0.745. The number of hydrogen-bond donors (Lipinski definition) is 1. The van der Waals surface area contributed by atoms with E-state index in [1.807, 2.05) is 44.2 Å². The van der Waals surface area contributed by atoms with Crippen LogP contribution < -0.4 is 10.5 Å². The summed E-state index contributed by atoms with van der Waals surface area (Å²) in [6.45, 7) is 4.09. The predicted molar refractivity (Wildman–Crippen MR) is 59.4 cm³/mol. The van der Waals surface area contributed by atoms with Crippen molar-refractivity contribution in [3.05, 3.63) is 41.5 Å². The van der Waals surface area contributed by atoms with Gasteiger partial charge in [-0.2, -0.15) is 0 Å². The van der Waals surface area contributed by atoms with E-state index in [-0.39, 0.29) is 6.04 Å². The Morgan fingerprint density at radius 1 is 1.29 bits per heavy atom. The molecule has 0 aliphatic rings. The van der Waals surface area contributed by atoms with Gasteiger partial charge in [-0.1, -0.05) is 23.8 Å². The van der Waals surface area contributed by atoms with Gasteiger partial charge in [-0.05, 0) is 31.5 Å². The van der Waals surface area contributed by atoms with Crippen LogP contribution in [0.4, 0.5) is 0 Å². The average Bonchev–Trinajstić information content (AvgIpc) is 2.17. The molecule has 0 aromatic heterocycles. The molecular formula is C12H17NO. The van der Waals surface area contributed by atoms with Crippen LogP contribution in [0.2, 0.25) is 0 Å². The molecule has 1 atom stereocenters. The van der Waals surface area contributed by atoms with Crippen LogP contribution in [0.15, 0.2) is 35.9 Å². The summed E-state index contributed by atoms with van der Waals surface area (Å²) >= 11 is 0. The lowest BCUT2D eigenvalue weighted by molar-refractivity contribution is 0.414. The number of ether oxygens (including phenoxy) is 1. The molecule has 1 aromatic rings. The molecule has 2 N–H and O–H groups in total. The molecule has 0 saturated heterocycles. The molecule has 0 aliphatic carbocycles. The molecule has 0 saturated carbocycles. The van der Waals surface area contributed by atoms with Crippen molar-refractivity contribution in [2.45, 2.75) is 19.9 Å². The van der Waals surface area contributed by atoms with Crippen molar-refractivity contribution in [2.24, 2.45) is 5.73 Å². The summed E-state index contributed by atoms with van der Waals surface area (Å²) in [5.41, 5.74) is 8.30. The average molecular weight is 191 g/mol. The molecule has 0 heterocycles. The topological polar surface area (TPSA) is 35.2 Å². The van der Waals surface area contributed by atoms with Gasteiger partial charge in [-0.3, -0.25) is 0 Å². The van der Waals surface area contributed by atoms with Crippen molar-refractivity contribution in [1.29, 1.82) is 0 Å². The minimum atomic E-state index is -0.0223. The predicted octanol–water partition coefficient (Wildman–Crippen LogP) is 2.66. The van der Waals surface area contributed by atoms with E-state index in [0.717, 1.165) is 11.3 Å². The molecule has 0 amide bonds. The third kappa shape index (κ3) is 2.89. The van der Waals surface area contributed by atoms with Crippen molar-refractivity contribution in [3.63, 3.8) is 0 Å². The van der Waals surface area contributed by atoms with Gasteiger partial charge in [-0.15, -0.1) is 0 Å². The Balaban J connectivity index is 2.81. The van der Waals surface area contributed by atoms with E-state index in [2.05, 4.69) is 0 Å². The van der Waals surface area contributed by atoms with Crippen molar-refractivity contribution in [3.8, 4) is 5.75 Å². The molecule has 0 spiro atoms. The van der Waals surface area contributed by atoms with Gasteiger partial charge in [0, 0.05) is 6.04 Å². The summed E-state index contributed by atoms with van der Waals surface area (Å²) in [5, 5.41) is 0. The summed E-state index contributed by atoms with van der Waals surface area (Å²) in [7, 11) is 1.66. The second-order valence-electron chi connectivity index (χ2n) is 3.54. The van der Waals surface area contributed by atoms with Crippen molar-refractivity contribution < 1.29 is 4.74 Å². The molecule has 2 heteroatoms. The third-order valence-corrected chi connectivity index (χ3v) is 2.01. The first-order chi connectivity index (χ1) is 6.63. The van der Waals surface area contributed by atoms with Crippen LogP contribution in [0.3, 0.4) is 0 Å². The second kappa shape index (κ2) is 4.82. The molecule has 1 aromatic carbocycles. The van der Waals surface area contributed by atoms with Crippen LogP contribution in [0.5, 0.6) is 5.75 Å². The summed E-state index contributed by atoms with van der Waals surface area (Å²) in [4.78, 5) is 0. The van der Waals surface area contributed by atoms with Gasteiger partial charge in [0.1, 0.15) is 5.75 Å². The van der Waals surface area contributed by atoms with Gasteiger partial charge >= 0.3 is 0 Å². The van der Waals surface area contributed by atoms with Crippen LogP contribution in [0.25, 0.3) is 0 Å². The first kappa shape index (κ1) is 10.8. The van der Waals surface area contributed by atoms with Gasteiger partial charge < -0.3 is 10.5 Å².